The zero-order chi connectivity index (χ0) is 18.9. The van der Waals surface area contributed by atoms with Crippen LogP contribution in [0.15, 0.2) is 18.2 Å². The highest BCUT2D eigenvalue weighted by Gasteiger charge is 2.19. The van der Waals surface area contributed by atoms with Gasteiger partial charge in [0.15, 0.2) is 6.54 Å². The summed E-state index contributed by atoms with van der Waals surface area (Å²) in [6.45, 7) is 11.5. The first kappa shape index (κ1) is 24.9. The highest BCUT2D eigenvalue weighted by Crippen LogP contribution is 2.27. The maximum atomic E-state index is 12.0. The van der Waals surface area contributed by atoms with Gasteiger partial charge in [-0.05, 0) is 36.5 Å². The number of halogens is 1. The summed E-state index contributed by atoms with van der Waals surface area (Å²) in [5.74, 6) is 1.59. The Morgan fingerprint density at radius 1 is 1.23 bits per heavy atom. The molecule has 0 unspecified atom stereocenters. The van der Waals surface area contributed by atoms with Gasteiger partial charge in [0.2, 0.25) is 0 Å². The second-order valence-electron chi connectivity index (χ2n) is 7.92. The molecule has 1 aromatic rings. The number of likely N-dealkylation sites (N-methyl/N-ethyl adjacent to an activating group) is 1. The number of aryl methyl sites for hydroxylation is 1. The summed E-state index contributed by atoms with van der Waals surface area (Å²) >= 11 is 0. The summed E-state index contributed by atoms with van der Waals surface area (Å²) < 4.78 is 6.74. The minimum atomic E-state index is 0. The second-order valence-corrected chi connectivity index (χ2v) is 7.92. The SMILES string of the molecule is CCCCNC(=O)C[N+](C)(C)CCCOc1cc(C)ccc1C(C)C.[Br-]. The zero-order valence-electron chi connectivity index (χ0n) is 17.4. The Labute approximate surface area is 170 Å². The molecule has 0 spiro atoms. The number of carbonyl (C=O) groups is 1. The minimum absolute atomic E-state index is 0. The molecule has 0 aliphatic heterocycles. The topological polar surface area (TPSA) is 38.3 Å². The molecule has 1 rings (SSSR count). The van der Waals surface area contributed by atoms with Gasteiger partial charge in [-0.25, -0.2) is 0 Å². The molecule has 0 fully saturated rings. The molecule has 0 saturated carbocycles. The molecule has 0 atom stereocenters. The first-order chi connectivity index (χ1) is 11.7. The molecule has 150 valence electrons. The summed E-state index contributed by atoms with van der Waals surface area (Å²) in [7, 11) is 4.21. The zero-order valence-corrected chi connectivity index (χ0v) is 19.0. The second kappa shape index (κ2) is 12.3. The largest absolute Gasteiger partial charge is 1.00 e. The molecule has 26 heavy (non-hydrogen) atoms. The maximum absolute atomic E-state index is 12.0. The fourth-order valence-corrected chi connectivity index (χ4v) is 2.85. The lowest BCUT2D eigenvalue weighted by Gasteiger charge is -2.29. The van der Waals surface area contributed by atoms with Crippen molar-refractivity contribution in [1.29, 1.82) is 0 Å². The van der Waals surface area contributed by atoms with Gasteiger partial charge in [-0.3, -0.25) is 4.79 Å². The molecule has 0 aliphatic carbocycles. The highest BCUT2D eigenvalue weighted by atomic mass is 79.9. The molecule has 1 aromatic carbocycles. The Hall–Kier alpha value is -1.07. The van der Waals surface area contributed by atoms with Crippen LogP contribution in [0.4, 0.5) is 0 Å². The normalized spacial score (nSPS) is 11.2. The number of nitrogens with zero attached hydrogens (tertiary/aromatic N) is 1. The van der Waals surface area contributed by atoms with Crippen molar-refractivity contribution in [2.24, 2.45) is 0 Å². The monoisotopic (exact) mass is 428 g/mol. The number of benzene rings is 1. The van der Waals surface area contributed by atoms with Gasteiger partial charge in [-0.2, -0.15) is 0 Å². The minimum Gasteiger partial charge on any atom is -1.00 e. The predicted molar refractivity (Wildman–Crippen MR) is 105 cm³/mol. The van der Waals surface area contributed by atoms with Crippen molar-refractivity contribution in [3.8, 4) is 5.75 Å². The Balaban J connectivity index is 0.00000625. The first-order valence-electron chi connectivity index (χ1n) is 9.57. The van der Waals surface area contributed by atoms with Crippen LogP contribution < -0.4 is 27.0 Å². The van der Waals surface area contributed by atoms with Crippen LogP contribution in [0.3, 0.4) is 0 Å². The van der Waals surface area contributed by atoms with E-state index in [0.29, 0.717) is 23.6 Å². The van der Waals surface area contributed by atoms with E-state index in [2.05, 4.69) is 65.3 Å². The molecule has 0 bridgehead atoms. The Bertz CT molecular complexity index is 545. The van der Waals surface area contributed by atoms with E-state index < -0.39 is 0 Å². The smallest absolute Gasteiger partial charge is 0.275 e. The van der Waals surface area contributed by atoms with Crippen molar-refractivity contribution in [3.63, 3.8) is 0 Å². The number of ether oxygens (including phenoxy) is 1. The van der Waals surface area contributed by atoms with E-state index in [0.717, 1.165) is 38.1 Å². The molecule has 1 N–H and O–H groups in total. The van der Waals surface area contributed by atoms with Crippen LogP contribution in [0.25, 0.3) is 0 Å². The van der Waals surface area contributed by atoms with E-state index in [9.17, 15) is 4.79 Å². The van der Waals surface area contributed by atoms with Crippen molar-refractivity contribution in [3.05, 3.63) is 29.3 Å². The van der Waals surface area contributed by atoms with Crippen molar-refractivity contribution in [2.45, 2.75) is 52.9 Å². The van der Waals surface area contributed by atoms with E-state index >= 15 is 0 Å². The van der Waals surface area contributed by atoms with Gasteiger partial charge in [0.1, 0.15) is 5.75 Å². The van der Waals surface area contributed by atoms with E-state index in [-0.39, 0.29) is 22.9 Å². The molecule has 0 aromatic heterocycles. The number of carbonyl (C=O) groups excluding carboxylic acids is 1. The third-order valence-corrected chi connectivity index (χ3v) is 4.38. The Morgan fingerprint density at radius 2 is 1.92 bits per heavy atom. The Morgan fingerprint density at radius 3 is 2.54 bits per heavy atom. The van der Waals surface area contributed by atoms with Crippen LogP contribution in [0.5, 0.6) is 5.75 Å². The summed E-state index contributed by atoms with van der Waals surface area (Å²) in [4.78, 5) is 12.0. The van der Waals surface area contributed by atoms with E-state index in [4.69, 9.17) is 4.74 Å². The van der Waals surface area contributed by atoms with Gasteiger partial charge in [-0.1, -0.05) is 39.3 Å². The van der Waals surface area contributed by atoms with E-state index in [1.807, 2.05) is 0 Å². The lowest BCUT2D eigenvalue weighted by molar-refractivity contribution is -0.882. The summed E-state index contributed by atoms with van der Waals surface area (Å²) in [6.07, 6.45) is 3.08. The third kappa shape index (κ3) is 9.58. The lowest BCUT2D eigenvalue weighted by Crippen LogP contribution is -3.00. The standard InChI is InChI=1S/C21H36N2O2.BrH/c1-7-8-12-22-21(24)16-23(5,6)13-9-14-25-20-15-18(4)10-11-19(20)17(2)3;/h10-11,15,17H,7-9,12-14,16H2,1-6H3;1H. The molecular formula is C21H37BrN2O2. The van der Waals surface area contributed by atoms with Gasteiger partial charge in [0, 0.05) is 13.0 Å². The number of quaternary nitrogens is 1. The number of unbranched alkanes of at least 4 members (excludes halogenated alkanes) is 1. The van der Waals surface area contributed by atoms with Crippen LogP contribution in [0.1, 0.15) is 57.1 Å². The fraction of sp³-hybridized carbons (Fsp3) is 0.667. The molecule has 0 radical (unpaired) electrons. The van der Waals surface area contributed by atoms with Crippen LogP contribution in [0, 0.1) is 6.92 Å². The molecular weight excluding hydrogens is 392 g/mol. The summed E-state index contributed by atoms with van der Waals surface area (Å²) in [6, 6.07) is 6.42. The van der Waals surface area contributed by atoms with Crippen LogP contribution in [-0.2, 0) is 4.79 Å². The van der Waals surface area contributed by atoms with Crippen LogP contribution >= 0.6 is 0 Å². The molecule has 0 aliphatic rings. The maximum Gasteiger partial charge on any atom is 0.275 e. The summed E-state index contributed by atoms with van der Waals surface area (Å²) in [5.41, 5.74) is 2.48. The average Bonchev–Trinajstić information content (AvgIpc) is 2.51. The number of nitrogens with one attached hydrogen (secondary N) is 1. The Kier molecular flexibility index (Phi) is 11.8. The fourth-order valence-electron chi connectivity index (χ4n) is 2.85. The quantitative estimate of drug-likeness (QED) is 0.419. The van der Waals surface area contributed by atoms with Gasteiger partial charge in [0.05, 0.1) is 27.2 Å². The molecule has 5 heteroatoms. The summed E-state index contributed by atoms with van der Waals surface area (Å²) in [5, 5.41) is 3.00. The highest BCUT2D eigenvalue weighted by molar-refractivity contribution is 5.76. The van der Waals surface area contributed by atoms with Gasteiger partial charge < -0.3 is 31.5 Å². The van der Waals surface area contributed by atoms with Crippen LogP contribution in [-0.4, -0.2) is 50.7 Å². The number of hydrogen-bond donors (Lipinski definition) is 1. The predicted octanol–water partition coefficient (Wildman–Crippen LogP) is 0.884. The van der Waals surface area contributed by atoms with Crippen molar-refractivity contribution >= 4 is 5.91 Å². The third-order valence-electron chi connectivity index (χ3n) is 4.38. The lowest BCUT2D eigenvalue weighted by atomic mass is 10.0. The molecule has 4 nitrogen and oxygen atoms in total. The van der Waals surface area contributed by atoms with Crippen molar-refractivity contribution < 1.29 is 31.0 Å². The van der Waals surface area contributed by atoms with Gasteiger partial charge >= 0.3 is 0 Å². The van der Waals surface area contributed by atoms with Gasteiger partial charge in [0.25, 0.3) is 5.91 Å². The average molecular weight is 429 g/mol. The first-order valence-corrected chi connectivity index (χ1v) is 9.57. The van der Waals surface area contributed by atoms with E-state index in [1.54, 1.807) is 0 Å². The molecule has 0 heterocycles. The van der Waals surface area contributed by atoms with Crippen molar-refractivity contribution in [1.82, 2.24) is 5.32 Å². The molecule has 1 amide bonds. The van der Waals surface area contributed by atoms with Crippen LogP contribution in [0.2, 0.25) is 0 Å². The van der Waals surface area contributed by atoms with Gasteiger partial charge in [-0.15, -0.1) is 0 Å². The van der Waals surface area contributed by atoms with Crippen molar-refractivity contribution in [2.75, 3.05) is 40.3 Å². The van der Waals surface area contributed by atoms with E-state index in [1.165, 1.54) is 11.1 Å². The number of rotatable bonds is 11. The number of hydrogen-bond acceptors (Lipinski definition) is 2. The number of amides is 1. The molecule has 0 saturated heterocycles.